The summed E-state index contributed by atoms with van der Waals surface area (Å²) in [5.41, 5.74) is 7.66. The molecular formula is C19H31IN4. The number of nitrogens with two attached hydrogens (primary N) is 1. The Labute approximate surface area is 163 Å². The van der Waals surface area contributed by atoms with Gasteiger partial charge in [0.25, 0.3) is 0 Å². The predicted octanol–water partition coefficient (Wildman–Crippen LogP) is 3.63. The summed E-state index contributed by atoms with van der Waals surface area (Å²) in [5, 5.41) is 0. The van der Waals surface area contributed by atoms with Crippen LogP contribution in [0.3, 0.4) is 0 Å². The number of hydrogen-bond acceptors (Lipinski definition) is 2. The summed E-state index contributed by atoms with van der Waals surface area (Å²) in [6.45, 7) is 5.26. The minimum Gasteiger partial charge on any atom is -0.370 e. The van der Waals surface area contributed by atoms with Gasteiger partial charge in [-0.1, -0.05) is 43.2 Å². The molecule has 0 spiro atoms. The third kappa shape index (κ3) is 5.34. The van der Waals surface area contributed by atoms with Crippen LogP contribution >= 0.6 is 24.0 Å². The number of likely N-dealkylation sites (tertiary alicyclic amines) is 2. The molecule has 2 aliphatic heterocycles. The lowest BCUT2D eigenvalue weighted by Crippen LogP contribution is -2.39. The summed E-state index contributed by atoms with van der Waals surface area (Å²) >= 11 is 0. The summed E-state index contributed by atoms with van der Waals surface area (Å²) in [5.74, 6) is 0.743. The van der Waals surface area contributed by atoms with Crippen LogP contribution in [-0.2, 0) is 0 Å². The number of aliphatic imine (C=N–C) groups is 1. The molecule has 2 fully saturated rings. The van der Waals surface area contributed by atoms with Gasteiger partial charge in [0.15, 0.2) is 5.96 Å². The van der Waals surface area contributed by atoms with Gasteiger partial charge in [0.1, 0.15) is 0 Å². The van der Waals surface area contributed by atoms with Gasteiger partial charge >= 0.3 is 0 Å². The molecule has 1 unspecified atom stereocenters. The first kappa shape index (κ1) is 19.5. The average molecular weight is 442 g/mol. The molecule has 2 heterocycles. The Morgan fingerprint density at radius 2 is 1.50 bits per heavy atom. The van der Waals surface area contributed by atoms with Crippen LogP contribution in [0.5, 0.6) is 0 Å². The molecule has 2 N–H and O–H groups in total. The maximum Gasteiger partial charge on any atom is 0.191 e. The zero-order valence-corrected chi connectivity index (χ0v) is 16.9. The predicted molar refractivity (Wildman–Crippen MR) is 112 cm³/mol. The van der Waals surface area contributed by atoms with E-state index in [1.165, 1.54) is 57.2 Å². The maximum absolute atomic E-state index is 6.30. The molecule has 4 nitrogen and oxygen atoms in total. The number of rotatable bonds is 4. The molecule has 0 bridgehead atoms. The molecule has 0 aromatic heterocycles. The summed E-state index contributed by atoms with van der Waals surface area (Å²) in [6.07, 6.45) is 7.73. The highest BCUT2D eigenvalue weighted by atomic mass is 127. The lowest BCUT2D eigenvalue weighted by molar-refractivity contribution is 0.251. The lowest BCUT2D eigenvalue weighted by atomic mass is 10.1. The highest BCUT2D eigenvalue weighted by Crippen LogP contribution is 2.25. The normalized spacial score (nSPS) is 21.2. The lowest BCUT2D eigenvalue weighted by Gasteiger charge is -2.28. The minimum absolute atomic E-state index is 0. The Kier molecular flexibility index (Phi) is 8.32. The van der Waals surface area contributed by atoms with Gasteiger partial charge in [-0.15, -0.1) is 24.0 Å². The zero-order valence-electron chi connectivity index (χ0n) is 14.6. The van der Waals surface area contributed by atoms with Gasteiger partial charge in [-0.2, -0.15) is 0 Å². The van der Waals surface area contributed by atoms with Crippen molar-refractivity contribution >= 4 is 29.9 Å². The molecule has 1 atom stereocenters. The van der Waals surface area contributed by atoms with E-state index in [1.54, 1.807) is 0 Å². The number of benzene rings is 1. The molecule has 2 saturated heterocycles. The maximum atomic E-state index is 6.30. The Hall–Kier alpha value is -0.820. The Morgan fingerprint density at radius 1 is 0.917 bits per heavy atom. The highest BCUT2D eigenvalue weighted by molar-refractivity contribution is 14.0. The summed E-state index contributed by atoms with van der Waals surface area (Å²) < 4.78 is 0. The Morgan fingerprint density at radius 3 is 2.12 bits per heavy atom. The van der Waals surface area contributed by atoms with Crippen LogP contribution in [-0.4, -0.2) is 48.5 Å². The molecule has 0 saturated carbocycles. The molecule has 1 aromatic carbocycles. The number of halogens is 1. The first-order valence-corrected chi connectivity index (χ1v) is 9.18. The monoisotopic (exact) mass is 442 g/mol. The van der Waals surface area contributed by atoms with Crippen molar-refractivity contribution in [1.29, 1.82) is 0 Å². The van der Waals surface area contributed by atoms with E-state index in [2.05, 4.69) is 40.1 Å². The number of guanidine groups is 1. The van der Waals surface area contributed by atoms with E-state index in [0.717, 1.165) is 25.6 Å². The smallest absolute Gasteiger partial charge is 0.191 e. The molecule has 0 radical (unpaired) electrons. The fraction of sp³-hybridized carbons (Fsp3) is 0.632. The van der Waals surface area contributed by atoms with Gasteiger partial charge in [0.2, 0.25) is 0 Å². The van der Waals surface area contributed by atoms with E-state index in [-0.39, 0.29) is 24.0 Å². The van der Waals surface area contributed by atoms with Crippen LogP contribution in [0.4, 0.5) is 0 Å². The van der Waals surface area contributed by atoms with Gasteiger partial charge in [0.05, 0.1) is 12.6 Å². The molecule has 0 aliphatic carbocycles. The van der Waals surface area contributed by atoms with Crippen molar-refractivity contribution in [3.63, 3.8) is 0 Å². The van der Waals surface area contributed by atoms with Crippen molar-refractivity contribution in [2.45, 2.75) is 44.6 Å². The van der Waals surface area contributed by atoms with E-state index in [0.29, 0.717) is 6.04 Å². The average Bonchev–Trinajstić information content (AvgIpc) is 2.97. The SMILES string of the molecule is I.NC(=NCC(c1ccccc1)N1CCCC1)N1CCCCCC1. The summed E-state index contributed by atoms with van der Waals surface area (Å²) in [4.78, 5) is 9.63. The Balaban J connectivity index is 0.00000208. The minimum atomic E-state index is 0. The van der Waals surface area contributed by atoms with E-state index in [4.69, 9.17) is 10.7 Å². The Bertz CT molecular complexity index is 491. The molecule has 1 aromatic rings. The van der Waals surface area contributed by atoms with E-state index >= 15 is 0 Å². The second-order valence-electron chi connectivity index (χ2n) is 6.77. The summed E-state index contributed by atoms with van der Waals surface area (Å²) in [7, 11) is 0. The van der Waals surface area contributed by atoms with E-state index in [1.807, 2.05) is 0 Å². The van der Waals surface area contributed by atoms with Crippen LogP contribution in [0.2, 0.25) is 0 Å². The molecule has 24 heavy (non-hydrogen) atoms. The van der Waals surface area contributed by atoms with Crippen LogP contribution in [0, 0.1) is 0 Å². The molecule has 3 rings (SSSR count). The van der Waals surface area contributed by atoms with Gasteiger partial charge in [0, 0.05) is 13.1 Å². The molecule has 0 amide bonds. The quantitative estimate of drug-likeness (QED) is 0.440. The van der Waals surface area contributed by atoms with E-state index < -0.39 is 0 Å². The zero-order chi connectivity index (χ0) is 15.9. The fourth-order valence-electron chi connectivity index (χ4n) is 3.74. The number of hydrogen-bond donors (Lipinski definition) is 1. The second-order valence-corrected chi connectivity index (χ2v) is 6.77. The molecular weight excluding hydrogens is 411 g/mol. The van der Waals surface area contributed by atoms with Gasteiger partial charge in [-0.05, 0) is 44.3 Å². The van der Waals surface area contributed by atoms with E-state index in [9.17, 15) is 0 Å². The third-order valence-corrected chi connectivity index (χ3v) is 5.12. The van der Waals surface area contributed by atoms with Gasteiger partial charge in [-0.25, -0.2) is 0 Å². The van der Waals surface area contributed by atoms with Crippen LogP contribution < -0.4 is 5.73 Å². The first-order valence-electron chi connectivity index (χ1n) is 9.18. The van der Waals surface area contributed by atoms with Crippen molar-refractivity contribution < 1.29 is 0 Å². The standard InChI is InChI=1S/C19H30N4.HI/c20-19(23-14-6-1-2-7-15-23)21-16-18(22-12-8-9-13-22)17-10-4-3-5-11-17;/h3-5,10-11,18H,1-2,6-9,12-16H2,(H2,20,21);1H. The largest absolute Gasteiger partial charge is 0.370 e. The third-order valence-electron chi connectivity index (χ3n) is 5.12. The van der Waals surface area contributed by atoms with Crippen molar-refractivity contribution in [1.82, 2.24) is 9.80 Å². The molecule has 134 valence electrons. The second kappa shape index (κ2) is 10.2. The van der Waals surface area contributed by atoms with Crippen LogP contribution in [0.25, 0.3) is 0 Å². The number of nitrogens with zero attached hydrogens (tertiary/aromatic N) is 3. The molecule has 2 aliphatic rings. The van der Waals surface area contributed by atoms with Gasteiger partial charge in [-0.3, -0.25) is 9.89 Å². The first-order chi connectivity index (χ1) is 11.3. The van der Waals surface area contributed by atoms with Crippen molar-refractivity contribution in [2.75, 3.05) is 32.7 Å². The van der Waals surface area contributed by atoms with Crippen molar-refractivity contribution in [3.8, 4) is 0 Å². The van der Waals surface area contributed by atoms with Crippen LogP contribution in [0.1, 0.15) is 50.1 Å². The van der Waals surface area contributed by atoms with Crippen LogP contribution in [0.15, 0.2) is 35.3 Å². The summed E-state index contributed by atoms with van der Waals surface area (Å²) in [6, 6.07) is 11.1. The fourth-order valence-corrected chi connectivity index (χ4v) is 3.74. The van der Waals surface area contributed by atoms with Crippen molar-refractivity contribution in [2.24, 2.45) is 10.7 Å². The highest BCUT2D eigenvalue weighted by Gasteiger charge is 2.23. The van der Waals surface area contributed by atoms with Crippen molar-refractivity contribution in [3.05, 3.63) is 35.9 Å². The van der Waals surface area contributed by atoms with Gasteiger partial charge < -0.3 is 10.6 Å². The topological polar surface area (TPSA) is 44.9 Å². The molecule has 5 heteroatoms.